The Labute approximate surface area is 115 Å². The zero-order chi connectivity index (χ0) is 13.5. The minimum Gasteiger partial charge on any atom is -0.481 e. The SMILES string of the molecule is CC(=O)CC(=O)O.CC(C)(C)C1=CC=CNC1.Cl. The van der Waals surface area contributed by atoms with Crippen LogP contribution < -0.4 is 5.32 Å². The van der Waals surface area contributed by atoms with Crippen LogP contribution in [-0.2, 0) is 9.59 Å². The molecule has 1 rings (SSSR count). The van der Waals surface area contributed by atoms with E-state index in [1.54, 1.807) is 0 Å². The molecule has 0 fully saturated rings. The highest BCUT2D eigenvalue weighted by Gasteiger charge is 2.16. The van der Waals surface area contributed by atoms with Gasteiger partial charge in [-0.3, -0.25) is 9.59 Å². The first kappa shape index (κ1) is 19.1. The summed E-state index contributed by atoms with van der Waals surface area (Å²) < 4.78 is 0. The lowest BCUT2D eigenvalue weighted by Gasteiger charge is -2.24. The van der Waals surface area contributed by atoms with Crippen LogP contribution in [0.15, 0.2) is 23.9 Å². The van der Waals surface area contributed by atoms with Gasteiger partial charge in [0.15, 0.2) is 0 Å². The molecule has 0 aliphatic carbocycles. The smallest absolute Gasteiger partial charge is 0.310 e. The van der Waals surface area contributed by atoms with Crippen molar-refractivity contribution in [3.63, 3.8) is 0 Å². The molecule has 0 aromatic rings. The van der Waals surface area contributed by atoms with E-state index >= 15 is 0 Å². The summed E-state index contributed by atoms with van der Waals surface area (Å²) >= 11 is 0. The molecule has 0 atom stereocenters. The van der Waals surface area contributed by atoms with Crippen LogP contribution in [0.4, 0.5) is 0 Å². The molecule has 104 valence electrons. The standard InChI is InChI=1S/C9H15N.C4H6O3.ClH/c1-9(2,3)8-5-4-6-10-7-8;1-3(5)2-4(6)7;/h4-6,10H,7H2,1-3H3;2H2,1H3,(H,6,7);1H. The molecule has 0 spiro atoms. The molecule has 1 aliphatic heterocycles. The quantitative estimate of drug-likeness (QED) is 0.760. The number of carbonyl (C=O) groups is 2. The number of nitrogens with one attached hydrogen (secondary N) is 1. The average Bonchev–Trinajstić information content (AvgIpc) is 2.16. The number of ketones is 1. The Morgan fingerprint density at radius 1 is 1.39 bits per heavy atom. The predicted molar refractivity (Wildman–Crippen MR) is 74.9 cm³/mol. The van der Waals surface area contributed by atoms with Crippen molar-refractivity contribution in [2.75, 3.05) is 6.54 Å². The lowest BCUT2D eigenvalue weighted by molar-refractivity contribution is -0.139. The van der Waals surface area contributed by atoms with E-state index in [-0.39, 0.29) is 24.6 Å². The Balaban J connectivity index is 0. The first-order valence-corrected chi connectivity index (χ1v) is 5.54. The molecule has 5 heteroatoms. The number of dihydropyridines is 1. The molecule has 1 aliphatic rings. The maximum absolute atomic E-state index is 9.87. The van der Waals surface area contributed by atoms with E-state index < -0.39 is 5.97 Å². The van der Waals surface area contributed by atoms with Gasteiger partial charge in [0.1, 0.15) is 12.2 Å². The van der Waals surface area contributed by atoms with Crippen LogP contribution in [0.5, 0.6) is 0 Å². The van der Waals surface area contributed by atoms with Crippen LogP contribution in [-0.4, -0.2) is 23.4 Å². The Hall–Kier alpha value is -1.29. The highest BCUT2D eigenvalue weighted by molar-refractivity contribution is 5.93. The highest BCUT2D eigenvalue weighted by atomic mass is 35.5. The molecule has 0 aromatic heterocycles. The minimum absolute atomic E-state index is 0. The fourth-order valence-electron chi connectivity index (χ4n) is 1.19. The molecule has 0 saturated heterocycles. The van der Waals surface area contributed by atoms with Gasteiger partial charge in [0.2, 0.25) is 0 Å². The molecule has 1 heterocycles. The van der Waals surface area contributed by atoms with E-state index in [1.807, 2.05) is 6.20 Å². The number of hydrogen-bond donors (Lipinski definition) is 2. The summed E-state index contributed by atoms with van der Waals surface area (Å²) in [5, 5.41) is 11.1. The van der Waals surface area contributed by atoms with Crippen molar-refractivity contribution in [1.29, 1.82) is 0 Å². The molecular weight excluding hydrogens is 254 g/mol. The van der Waals surface area contributed by atoms with Crippen LogP contribution in [0.2, 0.25) is 0 Å². The van der Waals surface area contributed by atoms with Crippen LogP contribution in [0.25, 0.3) is 0 Å². The molecule has 0 bridgehead atoms. The monoisotopic (exact) mass is 275 g/mol. The topological polar surface area (TPSA) is 66.4 Å². The van der Waals surface area contributed by atoms with Crippen molar-refractivity contribution >= 4 is 24.2 Å². The van der Waals surface area contributed by atoms with Gasteiger partial charge in [0.05, 0.1) is 0 Å². The molecule has 0 amide bonds. The number of hydrogen-bond acceptors (Lipinski definition) is 3. The fraction of sp³-hybridized carbons (Fsp3) is 0.538. The maximum Gasteiger partial charge on any atom is 0.310 e. The average molecular weight is 276 g/mol. The Morgan fingerprint density at radius 3 is 2.11 bits per heavy atom. The molecule has 2 N–H and O–H groups in total. The number of halogens is 1. The van der Waals surface area contributed by atoms with Gasteiger partial charge in [-0.15, -0.1) is 12.4 Å². The predicted octanol–water partition coefficient (Wildman–Crippen LogP) is 2.55. The number of Topliss-reactive ketones (excluding diaryl/α,β-unsaturated/α-hetero) is 1. The third-order valence-corrected chi connectivity index (χ3v) is 2.17. The van der Waals surface area contributed by atoms with Crippen molar-refractivity contribution < 1.29 is 14.7 Å². The molecule has 0 saturated carbocycles. The largest absolute Gasteiger partial charge is 0.481 e. The lowest BCUT2D eigenvalue weighted by Crippen LogP contribution is -2.22. The second kappa shape index (κ2) is 8.75. The normalized spacial score (nSPS) is 13.2. The first-order chi connectivity index (χ1) is 7.73. The van der Waals surface area contributed by atoms with Crippen LogP contribution >= 0.6 is 12.4 Å². The van der Waals surface area contributed by atoms with Gasteiger partial charge in [0, 0.05) is 6.54 Å². The Morgan fingerprint density at radius 2 is 1.94 bits per heavy atom. The second-order valence-corrected chi connectivity index (χ2v) is 4.95. The summed E-state index contributed by atoms with van der Waals surface area (Å²) in [6.07, 6.45) is 5.87. The zero-order valence-corrected chi connectivity index (χ0v) is 12.1. The van der Waals surface area contributed by atoms with Gasteiger partial charge in [-0.05, 0) is 30.2 Å². The number of carboxylic acid groups (broad SMARTS) is 1. The number of carboxylic acids is 1. The Bertz CT molecular complexity index is 329. The van der Waals surface area contributed by atoms with Crippen molar-refractivity contribution in [3.8, 4) is 0 Å². The third kappa shape index (κ3) is 9.90. The third-order valence-electron chi connectivity index (χ3n) is 2.17. The molecule has 4 nitrogen and oxygen atoms in total. The summed E-state index contributed by atoms with van der Waals surface area (Å²) in [6.45, 7) is 8.95. The molecule has 0 unspecified atom stereocenters. The molecule has 18 heavy (non-hydrogen) atoms. The van der Waals surface area contributed by atoms with E-state index in [0.29, 0.717) is 5.41 Å². The minimum atomic E-state index is -1.06. The van der Waals surface area contributed by atoms with Gasteiger partial charge in [-0.25, -0.2) is 0 Å². The van der Waals surface area contributed by atoms with Crippen LogP contribution in [0.1, 0.15) is 34.1 Å². The van der Waals surface area contributed by atoms with Gasteiger partial charge in [-0.1, -0.05) is 26.8 Å². The van der Waals surface area contributed by atoms with Gasteiger partial charge in [0.25, 0.3) is 0 Å². The number of carbonyl (C=O) groups excluding carboxylic acids is 1. The van der Waals surface area contributed by atoms with E-state index in [4.69, 9.17) is 5.11 Å². The number of allylic oxidation sites excluding steroid dienone is 2. The fourth-order valence-corrected chi connectivity index (χ4v) is 1.19. The maximum atomic E-state index is 9.87. The summed E-state index contributed by atoms with van der Waals surface area (Å²) in [7, 11) is 0. The van der Waals surface area contributed by atoms with E-state index in [0.717, 1.165) is 6.54 Å². The lowest BCUT2D eigenvalue weighted by atomic mass is 9.85. The zero-order valence-electron chi connectivity index (χ0n) is 11.3. The molecular formula is C13H22ClNO3. The first-order valence-electron chi connectivity index (χ1n) is 5.54. The Kier molecular flexibility index (Phi) is 9.27. The van der Waals surface area contributed by atoms with E-state index in [9.17, 15) is 9.59 Å². The summed E-state index contributed by atoms with van der Waals surface area (Å²) in [5.74, 6) is -1.37. The highest BCUT2D eigenvalue weighted by Crippen LogP contribution is 2.25. The van der Waals surface area contributed by atoms with Crippen molar-refractivity contribution in [1.82, 2.24) is 5.32 Å². The van der Waals surface area contributed by atoms with Gasteiger partial charge >= 0.3 is 5.97 Å². The van der Waals surface area contributed by atoms with Gasteiger partial charge in [-0.2, -0.15) is 0 Å². The van der Waals surface area contributed by atoms with E-state index in [1.165, 1.54) is 12.5 Å². The van der Waals surface area contributed by atoms with Gasteiger partial charge < -0.3 is 10.4 Å². The van der Waals surface area contributed by atoms with Crippen molar-refractivity contribution in [2.24, 2.45) is 5.41 Å². The van der Waals surface area contributed by atoms with Crippen LogP contribution in [0.3, 0.4) is 0 Å². The van der Waals surface area contributed by atoms with Crippen LogP contribution in [0, 0.1) is 5.41 Å². The molecule has 0 radical (unpaired) electrons. The summed E-state index contributed by atoms with van der Waals surface area (Å²) in [5.41, 5.74) is 1.78. The second-order valence-electron chi connectivity index (χ2n) is 4.95. The number of aliphatic carboxylic acids is 1. The molecule has 0 aromatic carbocycles. The number of rotatable bonds is 2. The van der Waals surface area contributed by atoms with Crippen molar-refractivity contribution in [3.05, 3.63) is 23.9 Å². The summed E-state index contributed by atoms with van der Waals surface area (Å²) in [6, 6.07) is 0. The van der Waals surface area contributed by atoms with Crippen molar-refractivity contribution in [2.45, 2.75) is 34.1 Å². The summed E-state index contributed by atoms with van der Waals surface area (Å²) in [4.78, 5) is 19.5. The van der Waals surface area contributed by atoms with E-state index in [2.05, 4.69) is 38.2 Å².